The van der Waals surface area contributed by atoms with Crippen molar-refractivity contribution in [1.29, 1.82) is 0 Å². The van der Waals surface area contributed by atoms with E-state index in [9.17, 15) is 0 Å². The molecular formula is C13H14N. The Labute approximate surface area is 85.2 Å². The number of hydrogen-bond donors (Lipinski definition) is 0. The summed E-state index contributed by atoms with van der Waals surface area (Å²) in [6.07, 6.45) is 3.92. The van der Waals surface area contributed by atoms with E-state index in [0.29, 0.717) is 0 Å². The molecule has 0 N–H and O–H groups in total. The second-order valence-corrected chi connectivity index (χ2v) is 3.72. The molecule has 0 bridgehead atoms. The van der Waals surface area contributed by atoms with Crippen molar-refractivity contribution in [2.75, 3.05) is 0 Å². The topological polar surface area (TPSA) is 14.1 Å². The van der Waals surface area contributed by atoms with Crippen molar-refractivity contribution in [3.8, 4) is 0 Å². The SMILES string of the molecule is CC1=C(c2cccc(C)c2C)[N]C=C1. The minimum absolute atomic E-state index is 1.12. The Kier molecular flexibility index (Phi) is 2.16. The lowest BCUT2D eigenvalue weighted by atomic mass is 9.99. The van der Waals surface area contributed by atoms with Crippen LogP contribution in [0, 0.1) is 13.8 Å². The van der Waals surface area contributed by atoms with Crippen molar-refractivity contribution in [1.82, 2.24) is 5.32 Å². The van der Waals surface area contributed by atoms with Crippen molar-refractivity contribution < 1.29 is 0 Å². The number of rotatable bonds is 1. The fourth-order valence-corrected chi connectivity index (χ4v) is 1.69. The lowest BCUT2D eigenvalue weighted by Crippen LogP contribution is -1.97. The molecule has 0 fully saturated rings. The first-order valence-electron chi connectivity index (χ1n) is 4.85. The second kappa shape index (κ2) is 3.33. The zero-order valence-corrected chi connectivity index (χ0v) is 8.83. The predicted molar refractivity (Wildman–Crippen MR) is 59.8 cm³/mol. The molecule has 0 unspecified atom stereocenters. The minimum atomic E-state index is 1.12. The summed E-state index contributed by atoms with van der Waals surface area (Å²) in [7, 11) is 0. The number of hydrogen-bond acceptors (Lipinski definition) is 0. The molecule has 1 nitrogen and oxygen atoms in total. The van der Waals surface area contributed by atoms with Gasteiger partial charge in [-0.25, -0.2) is 0 Å². The third-order valence-electron chi connectivity index (χ3n) is 2.76. The number of allylic oxidation sites excluding steroid dienone is 2. The Balaban J connectivity index is 2.53. The average Bonchev–Trinajstić information content (AvgIpc) is 2.57. The molecule has 0 amide bonds. The molecule has 1 heterocycles. The summed E-state index contributed by atoms with van der Waals surface area (Å²) >= 11 is 0. The highest BCUT2D eigenvalue weighted by molar-refractivity contribution is 5.74. The van der Waals surface area contributed by atoms with Crippen LogP contribution in [0.4, 0.5) is 0 Å². The number of benzene rings is 1. The van der Waals surface area contributed by atoms with E-state index in [1.54, 1.807) is 0 Å². The Morgan fingerprint density at radius 1 is 1.07 bits per heavy atom. The quantitative estimate of drug-likeness (QED) is 0.636. The van der Waals surface area contributed by atoms with Crippen LogP contribution in [0.5, 0.6) is 0 Å². The molecule has 2 rings (SSSR count). The monoisotopic (exact) mass is 184 g/mol. The van der Waals surface area contributed by atoms with Crippen molar-refractivity contribution >= 4 is 5.70 Å². The fraction of sp³-hybridized carbons (Fsp3) is 0.231. The normalized spacial score (nSPS) is 14.8. The molecule has 1 aromatic carbocycles. The van der Waals surface area contributed by atoms with E-state index in [0.717, 1.165) is 5.70 Å². The Hall–Kier alpha value is -1.50. The van der Waals surface area contributed by atoms with Gasteiger partial charge >= 0.3 is 0 Å². The molecule has 1 heteroatoms. The largest absolute Gasteiger partial charge is 0.256 e. The molecule has 1 aliphatic rings. The van der Waals surface area contributed by atoms with Gasteiger partial charge in [0.05, 0.1) is 5.70 Å². The molecule has 0 atom stereocenters. The Bertz CT molecular complexity index is 425. The van der Waals surface area contributed by atoms with Gasteiger partial charge in [0.25, 0.3) is 0 Å². The highest BCUT2D eigenvalue weighted by atomic mass is 14.9. The van der Waals surface area contributed by atoms with Gasteiger partial charge in [0, 0.05) is 11.8 Å². The van der Waals surface area contributed by atoms with Crippen molar-refractivity contribution in [3.05, 3.63) is 52.7 Å². The van der Waals surface area contributed by atoms with E-state index in [1.165, 1.54) is 22.3 Å². The highest BCUT2D eigenvalue weighted by Gasteiger charge is 2.11. The van der Waals surface area contributed by atoms with Gasteiger partial charge in [-0.15, -0.1) is 0 Å². The maximum absolute atomic E-state index is 4.39. The number of nitrogens with zero attached hydrogens (tertiary/aromatic N) is 1. The summed E-state index contributed by atoms with van der Waals surface area (Å²) in [6, 6.07) is 6.36. The first-order valence-corrected chi connectivity index (χ1v) is 4.85. The molecule has 0 saturated heterocycles. The van der Waals surface area contributed by atoms with Gasteiger partial charge in [0.2, 0.25) is 0 Å². The van der Waals surface area contributed by atoms with Crippen LogP contribution in [0.15, 0.2) is 36.0 Å². The van der Waals surface area contributed by atoms with Crippen LogP contribution in [-0.4, -0.2) is 0 Å². The summed E-state index contributed by atoms with van der Waals surface area (Å²) in [5.41, 5.74) is 6.27. The molecule has 14 heavy (non-hydrogen) atoms. The minimum Gasteiger partial charge on any atom is -0.256 e. The van der Waals surface area contributed by atoms with Gasteiger partial charge < -0.3 is 0 Å². The van der Waals surface area contributed by atoms with Gasteiger partial charge in [-0.2, -0.15) is 0 Å². The summed E-state index contributed by atoms with van der Waals surface area (Å²) < 4.78 is 0. The molecule has 0 aliphatic carbocycles. The van der Waals surface area contributed by atoms with Crippen LogP contribution in [-0.2, 0) is 0 Å². The second-order valence-electron chi connectivity index (χ2n) is 3.72. The fourth-order valence-electron chi connectivity index (χ4n) is 1.69. The maximum atomic E-state index is 4.39. The van der Waals surface area contributed by atoms with Crippen LogP contribution in [0.25, 0.3) is 5.70 Å². The van der Waals surface area contributed by atoms with E-state index in [1.807, 2.05) is 6.20 Å². The Morgan fingerprint density at radius 2 is 1.86 bits per heavy atom. The van der Waals surface area contributed by atoms with Crippen LogP contribution < -0.4 is 5.32 Å². The van der Waals surface area contributed by atoms with Gasteiger partial charge in [-0.3, -0.25) is 5.32 Å². The van der Waals surface area contributed by atoms with Crippen molar-refractivity contribution in [2.45, 2.75) is 20.8 Å². The first kappa shape index (κ1) is 9.07. The van der Waals surface area contributed by atoms with E-state index < -0.39 is 0 Å². The van der Waals surface area contributed by atoms with Crippen LogP contribution >= 0.6 is 0 Å². The van der Waals surface area contributed by atoms with Crippen LogP contribution in [0.2, 0.25) is 0 Å². The summed E-state index contributed by atoms with van der Waals surface area (Å²) in [5.74, 6) is 0. The third-order valence-corrected chi connectivity index (χ3v) is 2.76. The molecule has 0 spiro atoms. The van der Waals surface area contributed by atoms with Gasteiger partial charge in [0.1, 0.15) is 0 Å². The van der Waals surface area contributed by atoms with E-state index in [2.05, 4.69) is 50.4 Å². The lowest BCUT2D eigenvalue weighted by molar-refractivity contribution is 1.19. The maximum Gasteiger partial charge on any atom is 0.0734 e. The molecule has 1 aromatic rings. The summed E-state index contributed by atoms with van der Waals surface area (Å²) in [4.78, 5) is 0. The third kappa shape index (κ3) is 1.35. The van der Waals surface area contributed by atoms with Gasteiger partial charge in [-0.1, -0.05) is 18.2 Å². The van der Waals surface area contributed by atoms with Crippen molar-refractivity contribution in [3.63, 3.8) is 0 Å². The van der Waals surface area contributed by atoms with Crippen molar-refractivity contribution in [2.24, 2.45) is 0 Å². The first-order chi connectivity index (χ1) is 6.70. The summed E-state index contributed by atoms with van der Waals surface area (Å²) in [6.45, 7) is 6.39. The van der Waals surface area contributed by atoms with Gasteiger partial charge in [-0.05, 0) is 43.5 Å². The lowest BCUT2D eigenvalue weighted by Gasteiger charge is -2.09. The van der Waals surface area contributed by atoms with Crippen LogP contribution in [0.1, 0.15) is 23.6 Å². The van der Waals surface area contributed by atoms with E-state index >= 15 is 0 Å². The number of aryl methyl sites for hydroxylation is 1. The molecule has 0 saturated carbocycles. The predicted octanol–water partition coefficient (Wildman–Crippen LogP) is 3.17. The zero-order valence-electron chi connectivity index (χ0n) is 8.83. The molecule has 71 valence electrons. The van der Waals surface area contributed by atoms with Gasteiger partial charge in [0.15, 0.2) is 0 Å². The smallest absolute Gasteiger partial charge is 0.0734 e. The molecule has 0 aromatic heterocycles. The van der Waals surface area contributed by atoms with E-state index in [-0.39, 0.29) is 0 Å². The highest BCUT2D eigenvalue weighted by Crippen LogP contribution is 2.26. The molecule has 1 radical (unpaired) electrons. The van der Waals surface area contributed by atoms with Crippen LogP contribution in [0.3, 0.4) is 0 Å². The average molecular weight is 184 g/mol. The molecular weight excluding hydrogens is 170 g/mol. The summed E-state index contributed by atoms with van der Waals surface area (Å²) in [5, 5.41) is 4.39. The standard InChI is InChI=1S/C13H14N/c1-9-5-4-6-12(11(9)3)13-10(2)7-8-14-13/h4-8H,1-3H3. The van der Waals surface area contributed by atoms with E-state index in [4.69, 9.17) is 0 Å². The Morgan fingerprint density at radius 3 is 2.50 bits per heavy atom. The molecule has 1 aliphatic heterocycles. The zero-order chi connectivity index (χ0) is 10.1.